The average Bonchev–Trinajstić information content (AvgIpc) is 3.16. The number of carbonyl (C=O) groups is 1. The van der Waals surface area contributed by atoms with Crippen molar-refractivity contribution in [3.63, 3.8) is 0 Å². The number of aromatic nitrogens is 2. The van der Waals surface area contributed by atoms with Crippen LogP contribution in [0.1, 0.15) is 34.8 Å². The van der Waals surface area contributed by atoms with Gasteiger partial charge in [0, 0.05) is 24.2 Å². The molecule has 1 amide bonds. The third kappa shape index (κ3) is 2.59. The van der Waals surface area contributed by atoms with Crippen molar-refractivity contribution in [1.82, 2.24) is 15.1 Å². The first-order chi connectivity index (χ1) is 11.6. The summed E-state index contributed by atoms with van der Waals surface area (Å²) in [6.45, 7) is 0. The molecule has 1 atom stereocenters. The van der Waals surface area contributed by atoms with Crippen molar-refractivity contribution in [3.05, 3.63) is 54.0 Å². The Balaban J connectivity index is 1.61. The summed E-state index contributed by atoms with van der Waals surface area (Å²) >= 11 is 0. The van der Waals surface area contributed by atoms with Gasteiger partial charge in [0.1, 0.15) is 11.8 Å². The number of nitrogens with one attached hydrogen (secondary N) is 1. The molecule has 2 N–H and O–H groups in total. The van der Waals surface area contributed by atoms with Gasteiger partial charge in [0.2, 0.25) is 0 Å². The molecule has 4 rings (SSSR count). The van der Waals surface area contributed by atoms with E-state index in [1.807, 2.05) is 37.5 Å². The van der Waals surface area contributed by atoms with E-state index in [-0.39, 0.29) is 24.0 Å². The van der Waals surface area contributed by atoms with Crippen LogP contribution in [0.25, 0.3) is 11.0 Å². The molecule has 0 spiro atoms. The highest BCUT2D eigenvalue weighted by molar-refractivity contribution is 6.06. The highest BCUT2D eigenvalue weighted by Gasteiger charge is 2.36. The first-order valence-electron chi connectivity index (χ1n) is 8.05. The zero-order chi connectivity index (χ0) is 16.7. The van der Waals surface area contributed by atoms with Crippen molar-refractivity contribution in [2.24, 2.45) is 13.0 Å². The molecule has 2 aromatic heterocycles. The fourth-order valence-electron chi connectivity index (χ4n) is 3.35. The van der Waals surface area contributed by atoms with Gasteiger partial charge in [-0.1, -0.05) is 18.2 Å². The summed E-state index contributed by atoms with van der Waals surface area (Å²) in [5, 5.41) is 17.7. The van der Waals surface area contributed by atoms with Gasteiger partial charge >= 0.3 is 0 Å². The lowest BCUT2D eigenvalue weighted by Crippen LogP contribution is -2.41. The van der Waals surface area contributed by atoms with Gasteiger partial charge in [0.25, 0.3) is 5.91 Å². The van der Waals surface area contributed by atoms with Gasteiger partial charge in [-0.3, -0.25) is 9.48 Å². The summed E-state index contributed by atoms with van der Waals surface area (Å²) in [7, 11) is 1.85. The van der Waals surface area contributed by atoms with Crippen LogP contribution in [-0.2, 0) is 7.05 Å². The molecule has 0 aliphatic heterocycles. The Morgan fingerprint density at radius 1 is 1.42 bits per heavy atom. The molecule has 1 aromatic carbocycles. The lowest BCUT2D eigenvalue weighted by Gasteiger charge is -2.37. The number of rotatable bonds is 4. The number of aliphatic hydroxyl groups is 1. The summed E-state index contributed by atoms with van der Waals surface area (Å²) in [5.41, 5.74) is 2.18. The Bertz CT molecular complexity index is 876. The van der Waals surface area contributed by atoms with Crippen molar-refractivity contribution in [2.75, 3.05) is 0 Å². The highest BCUT2D eigenvalue weighted by Crippen LogP contribution is 2.38. The topological polar surface area (TPSA) is 80.3 Å². The maximum Gasteiger partial charge on any atom is 0.255 e. The summed E-state index contributed by atoms with van der Waals surface area (Å²) in [6, 6.07) is 7.31. The van der Waals surface area contributed by atoms with Crippen LogP contribution < -0.4 is 5.32 Å². The van der Waals surface area contributed by atoms with E-state index in [0.717, 1.165) is 10.9 Å². The largest absolute Gasteiger partial charge is 0.463 e. The number of hydrogen-bond acceptors (Lipinski definition) is 4. The van der Waals surface area contributed by atoms with E-state index in [1.54, 1.807) is 10.9 Å². The van der Waals surface area contributed by atoms with Gasteiger partial charge < -0.3 is 14.8 Å². The molecule has 24 heavy (non-hydrogen) atoms. The number of para-hydroxylation sites is 1. The number of aryl methyl sites for hydroxylation is 1. The molecule has 0 unspecified atom stereocenters. The molecular formula is C18H19N3O3. The Morgan fingerprint density at radius 2 is 2.21 bits per heavy atom. The van der Waals surface area contributed by atoms with E-state index in [0.29, 0.717) is 24.0 Å². The summed E-state index contributed by atoms with van der Waals surface area (Å²) < 4.78 is 7.18. The molecule has 6 nitrogen and oxygen atoms in total. The number of benzene rings is 1. The summed E-state index contributed by atoms with van der Waals surface area (Å²) in [4.78, 5) is 12.8. The van der Waals surface area contributed by atoms with E-state index in [1.165, 1.54) is 6.26 Å². The van der Waals surface area contributed by atoms with Crippen molar-refractivity contribution in [3.8, 4) is 0 Å². The van der Waals surface area contributed by atoms with Crippen LogP contribution in [0.5, 0.6) is 0 Å². The van der Waals surface area contributed by atoms with Gasteiger partial charge in [0.05, 0.1) is 23.9 Å². The molecule has 0 radical (unpaired) electrons. The van der Waals surface area contributed by atoms with E-state index in [2.05, 4.69) is 10.4 Å². The van der Waals surface area contributed by atoms with Crippen LogP contribution in [-0.4, -0.2) is 26.9 Å². The van der Waals surface area contributed by atoms with Crippen LogP contribution in [0.15, 0.2) is 47.3 Å². The SMILES string of the molecule is Cn1cc([C@H](NC(=O)c2coc3ccccc23)C2CC(O)C2)cn1. The van der Waals surface area contributed by atoms with E-state index in [4.69, 9.17) is 4.42 Å². The standard InChI is InChI=1S/C18H19N3O3/c1-21-9-12(8-19-21)17(11-6-13(22)7-11)20-18(23)15-10-24-16-5-3-2-4-14(15)16/h2-5,8-11,13,17,22H,6-7H2,1H3,(H,20,23)/t11?,13?,17-/m1/s1. The fourth-order valence-corrected chi connectivity index (χ4v) is 3.35. The number of aliphatic hydroxyl groups excluding tert-OH is 1. The Kier molecular flexibility index (Phi) is 3.61. The third-order valence-corrected chi connectivity index (χ3v) is 4.72. The van der Waals surface area contributed by atoms with Crippen molar-refractivity contribution >= 4 is 16.9 Å². The smallest absolute Gasteiger partial charge is 0.255 e. The molecular weight excluding hydrogens is 306 g/mol. The normalized spacial score (nSPS) is 21.4. The van der Waals surface area contributed by atoms with Gasteiger partial charge in [-0.25, -0.2) is 0 Å². The minimum Gasteiger partial charge on any atom is -0.463 e. The van der Waals surface area contributed by atoms with Crippen molar-refractivity contribution in [1.29, 1.82) is 0 Å². The molecule has 3 aromatic rings. The minimum absolute atomic E-state index is 0.164. The van der Waals surface area contributed by atoms with E-state index < -0.39 is 0 Å². The zero-order valence-electron chi connectivity index (χ0n) is 13.3. The maximum absolute atomic E-state index is 12.8. The van der Waals surface area contributed by atoms with Crippen LogP contribution in [0.4, 0.5) is 0 Å². The van der Waals surface area contributed by atoms with Crippen molar-refractivity contribution < 1.29 is 14.3 Å². The van der Waals surface area contributed by atoms with Gasteiger partial charge in [0.15, 0.2) is 0 Å². The average molecular weight is 325 g/mol. The first kappa shape index (κ1) is 15.0. The summed E-state index contributed by atoms with van der Waals surface area (Å²) in [5.74, 6) is 0.0431. The number of fused-ring (bicyclic) bond motifs is 1. The van der Waals surface area contributed by atoms with Crippen molar-refractivity contribution in [2.45, 2.75) is 25.0 Å². The lowest BCUT2D eigenvalue weighted by atomic mass is 9.75. The molecule has 0 bridgehead atoms. The van der Waals surface area contributed by atoms with Gasteiger partial charge in [-0.15, -0.1) is 0 Å². The highest BCUT2D eigenvalue weighted by atomic mass is 16.3. The second kappa shape index (κ2) is 5.79. The lowest BCUT2D eigenvalue weighted by molar-refractivity contribution is 0.0235. The molecule has 124 valence electrons. The number of hydrogen-bond donors (Lipinski definition) is 2. The molecule has 0 saturated heterocycles. The van der Waals surface area contributed by atoms with Crippen LogP contribution in [0.3, 0.4) is 0 Å². The number of nitrogens with zero attached hydrogens (tertiary/aromatic N) is 2. The Hall–Kier alpha value is -2.60. The monoisotopic (exact) mass is 325 g/mol. The maximum atomic E-state index is 12.8. The number of amides is 1. The van der Waals surface area contributed by atoms with Gasteiger partial charge in [-0.05, 0) is 24.8 Å². The second-order valence-electron chi connectivity index (χ2n) is 6.43. The van der Waals surface area contributed by atoms with Crippen LogP contribution in [0, 0.1) is 5.92 Å². The number of furan rings is 1. The third-order valence-electron chi connectivity index (χ3n) is 4.72. The molecule has 1 aliphatic rings. The number of carbonyl (C=O) groups excluding carboxylic acids is 1. The van der Waals surface area contributed by atoms with E-state index >= 15 is 0 Å². The first-order valence-corrected chi connectivity index (χ1v) is 8.05. The zero-order valence-corrected chi connectivity index (χ0v) is 13.3. The molecule has 1 fully saturated rings. The second-order valence-corrected chi connectivity index (χ2v) is 6.43. The van der Waals surface area contributed by atoms with Crippen LogP contribution >= 0.6 is 0 Å². The fraction of sp³-hybridized carbons (Fsp3) is 0.333. The quantitative estimate of drug-likeness (QED) is 0.772. The predicted octanol–water partition coefficient (Wildman–Crippen LogP) is 2.41. The predicted molar refractivity (Wildman–Crippen MR) is 88.4 cm³/mol. The Labute approximate surface area is 139 Å². The summed E-state index contributed by atoms with van der Waals surface area (Å²) in [6.07, 6.45) is 6.26. The molecule has 1 saturated carbocycles. The molecule has 6 heteroatoms. The Morgan fingerprint density at radius 3 is 2.92 bits per heavy atom. The molecule has 1 aliphatic carbocycles. The minimum atomic E-state index is -0.277. The molecule has 2 heterocycles. The van der Waals surface area contributed by atoms with E-state index in [9.17, 15) is 9.90 Å². The van der Waals surface area contributed by atoms with Crippen LogP contribution in [0.2, 0.25) is 0 Å². The van der Waals surface area contributed by atoms with Gasteiger partial charge in [-0.2, -0.15) is 5.10 Å².